The fourth-order valence-corrected chi connectivity index (χ4v) is 2.53. The largest absolute Gasteiger partial charge is 0.298 e. The van der Waals surface area contributed by atoms with Crippen LogP contribution in [-0.2, 0) is 13.1 Å². The molecule has 2 nitrogen and oxygen atoms in total. The number of rotatable bonds is 4. The maximum atomic E-state index is 6.21. The van der Waals surface area contributed by atoms with Crippen molar-refractivity contribution < 1.29 is 0 Å². The molecule has 0 fully saturated rings. The number of benzene rings is 1. The summed E-state index contributed by atoms with van der Waals surface area (Å²) in [7, 11) is 2.07. The molecule has 0 N–H and O–H groups in total. The Hall–Kier alpha value is -0.900. The summed E-state index contributed by atoms with van der Waals surface area (Å²) in [6.07, 6.45) is 3.68. The SMILES string of the molecule is CN(Cc1cccnc1)Cc1ccc(Br)cc1Cl. The molecule has 2 aromatic rings. The van der Waals surface area contributed by atoms with Crippen molar-refractivity contribution in [3.8, 4) is 0 Å². The molecule has 1 heterocycles. The van der Waals surface area contributed by atoms with E-state index >= 15 is 0 Å². The Kier molecular flexibility index (Phi) is 4.75. The third kappa shape index (κ3) is 3.80. The maximum Gasteiger partial charge on any atom is 0.0462 e. The van der Waals surface area contributed by atoms with Crippen molar-refractivity contribution in [2.45, 2.75) is 13.1 Å². The molecule has 1 aromatic heterocycles. The fourth-order valence-electron chi connectivity index (χ4n) is 1.80. The van der Waals surface area contributed by atoms with Gasteiger partial charge in [0.2, 0.25) is 0 Å². The second-order valence-electron chi connectivity index (χ2n) is 4.27. The highest BCUT2D eigenvalue weighted by molar-refractivity contribution is 9.10. The Balaban J connectivity index is 2.01. The van der Waals surface area contributed by atoms with Crippen LogP contribution in [0.25, 0.3) is 0 Å². The molecule has 0 radical (unpaired) electrons. The quantitative estimate of drug-likeness (QED) is 0.840. The highest BCUT2D eigenvalue weighted by Gasteiger charge is 2.05. The normalized spacial score (nSPS) is 10.9. The molecule has 0 aliphatic carbocycles. The molecular formula is C14H14BrClN2. The van der Waals surface area contributed by atoms with Crippen molar-refractivity contribution in [1.29, 1.82) is 0 Å². The van der Waals surface area contributed by atoms with Gasteiger partial charge in [0.05, 0.1) is 0 Å². The molecule has 0 spiro atoms. The number of aromatic nitrogens is 1. The van der Waals surface area contributed by atoms with Crippen LogP contribution in [0.1, 0.15) is 11.1 Å². The van der Waals surface area contributed by atoms with Gasteiger partial charge < -0.3 is 0 Å². The van der Waals surface area contributed by atoms with Crippen LogP contribution in [0.2, 0.25) is 5.02 Å². The Morgan fingerprint density at radius 1 is 1.28 bits per heavy atom. The lowest BCUT2D eigenvalue weighted by Gasteiger charge is -2.17. The fraction of sp³-hybridized carbons (Fsp3) is 0.214. The molecule has 0 unspecified atom stereocenters. The molecule has 18 heavy (non-hydrogen) atoms. The third-order valence-electron chi connectivity index (χ3n) is 2.63. The summed E-state index contributed by atoms with van der Waals surface area (Å²) >= 11 is 9.62. The Bertz CT molecular complexity index is 516. The van der Waals surface area contributed by atoms with Gasteiger partial charge in [-0.15, -0.1) is 0 Å². The molecule has 0 saturated carbocycles. The molecule has 0 atom stereocenters. The second-order valence-corrected chi connectivity index (χ2v) is 5.59. The molecule has 2 rings (SSSR count). The Morgan fingerprint density at radius 3 is 2.78 bits per heavy atom. The van der Waals surface area contributed by atoms with Gasteiger partial charge in [-0.05, 0) is 36.4 Å². The van der Waals surface area contributed by atoms with E-state index in [0.29, 0.717) is 0 Å². The summed E-state index contributed by atoms with van der Waals surface area (Å²) in [5.41, 5.74) is 2.33. The number of hydrogen-bond acceptors (Lipinski definition) is 2. The van der Waals surface area contributed by atoms with Gasteiger partial charge in [0.15, 0.2) is 0 Å². The van der Waals surface area contributed by atoms with E-state index < -0.39 is 0 Å². The van der Waals surface area contributed by atoms with Crippen LogP contribution < -0.4 is 0 Å². The van der Waals surface area contributed by atoms with E-state index in [1.54, 1.807) is 6.20 Å². The first kappa shape index (κ1) is 13.5. The molecule has 4 heteroatoms. The van der Waals surface area contributed by atoms with E-state index in [1.165, 1.54) is 5.56 Å². The zero-order valence-electron chi connectivity index (χ0n) is 10.1. The van der Waals surface area contributed by atoms with Crippen molar-refractivity contribution >= 4 is 27.5 Å². The van der Waals surface area contributed by atoms with Crippen molar-refractivity contribution in [2.75, 3.05) is 7.05 Å². The first-order chi connectivity index (χ1) is 8.65. The molecule has 0 amide bonds. The molecular weight excluding hydrogens is 312 g/mol. The van der Waals surface area contributed by atoms with E-state index in [-0.39, 0.29) is 0 Å². The monoisotopic (exact) mass is 324 g/mol. The van der Waals surface area contributed by atoms with Gasteiger partial charge in [-0.2, -0.15) is 0 Å². The van der Waals surface area contributed by atoms with Crippen LogP contribution in [0.15, 0.2) is 47.2 Å². The molecule has 0 aliphatic rings. The first-order valence-electron chi connectivity index (χ1n) is 5.66. The van der Waals surface area contributed by atoms with Crippen LogP contribution in [0.5, 0.6) is 0 Å². The predicted octanol–water partition coefficient (Wildman–Crippen LogP) is 4.13. The average molecular weight is 326 g/mol. The summed E-state index contributed by atoms with van der Waals surface area (Å²) in [5.74, 6) is 0. The molecule has 0 bridgehead atoms. The van der Waals surface area contributed by atoms with E-state index in [2.05, 4.69) is 38.9 Å². The van der Waals surface area contributed by atoms with Crippen molar-refractivity contribution in [3.63, 3.8) is 0 Å². The van der Waals surface area contributed by atoms with Gasteiger partial charge >= 0.3 is 0 Å². The summed E-state index contributed by atoms with van der Waals surface area (Å²) in [5, 5.41) is 0.794. The highest BCUT2D eigenvalue weighted by Crippen LogP contribution is 2.22. The standard InChI is InChI=1S/C14H14BrClN2/c1-18(9-11-3-2-6-17-8-11)10-12-4-5-13(15)7-14(12)16/h2-8H,9-10H2,1H3. The first-order valence-corrected chi connectivity index (χ1v) is 6.83. The Morgan fingerprint density at radius 2 is 2.11 bits per heavy atom. The molecule has 94 valence electrons. The van der Waals surface area contributed by atoms with Gasteiger partial charge in [0.25, 0.3) is 0 Å². The molecule has 0 aliphatic heterocycles. The minimum absolute atomic E-state index is 0.794. The number of nitrogens with zero attached hydrogens (tertiary/aromatic N) is 2. The summed E-state index contributed by atoms with van der Waals surface area (Å²) in [4.78, 5) is 6.33. The second kappa shape index (κ2) is 6.32. The smallest absolute Gasteiger partial charge is 0.0462 e. The summed E-state index contributed by atoms with van der Waals surface area (Å²) in [6, 6.07) is 10.0. The minimum atomic E-state index is 0.794. The molecule has 0 saturated heterocycles. The van der Waals surface area contributed by atoms with Crippen LogP contribution in [-0.4, -0.2) is 16.9 Å². The van der Waals surface area contributed by atoms with Gasteiger partial charge in [-0.1, -0.05) is 39.7 Å². The van der Waals surface area contributed by atoms with Gasteiger partial charge in [-0.3, -0.25) is 9.88 Å². The van der Waals surface area contributed by atoms with Crippen LogP contribution in [0, 0.1) is 0 Å². The minimum Gasteiger partial charge on any atom is -0.298 e. The van der Waals surface area contributed by atoms with E-state index in [4.69, 9.17) is 11.6 Å². The van der Waals surface area contributed by atoms with Crippen LogP contribution in [0.4, 0.5) is 0 Å². The lowest BCUT2D eigenvalue weighted by Crippen LogP contribution is -2.17. The van der Waals surface area contributed by atoms with Crippen molar-refractivity contribution in [1.82, 2.24) is 9.88 Å². The summed E-state index contributed by atoms with van der Waals surface area (Å²) in [6.45, 7) is 1.68. The van der Waals surface area contributed by atoms with E-state index in [1.807, 2.05) is 30.5 Å². The van der Waals surface area contributed by atoms with Crippen molar-refractivity contribution in [3.05, 3.63) is 63.3 Å². The zero-order chi connectivity index (χ0) is 13.0. The van der Waals surface area contributed by atoms with Crippen LogP contribution >= 0.6 is 27.5 Å². The van der Waals surface area contributed by atoms with Gasteiger partial charge in [0, 0.05) is 35.0 Å². The van der Waals surface area contributed by atoms with Crippen LogP contribution in [0.3, 0.4) is 0 Å². The predicted molar refractivity (Wildman–Crippen MR) is 78.6 cm³/mol. The number of pyridine rings is 1. The number of halogens is 2. The zero-order valence-corrected chi connectivity index (χ0v) is 12.4. The number of hydrogen-bond donors (Lipinski definition) is 0. The third-order valence-corrected chi connectivity index (χ3v) is 3.48. The lowest BCUT2D eigenvalue weighted by atomic mass is 10.2. The van der Waals surface area contributed by atoms with Gasteiger partial charge in [-0.25, -0.2) is 0 Å². The summed E-state index contributed by atoms with van der Waals surface area (Å²) < 4.78 is 1.01. The highest BCUT2D eigenvalue weighted by atomic mass is 79.9. The maximum absolute atomic E-state index is 6.21. The average Bonchev–Trinajstić information content (AvgIpc) is 2.34. The molecule has 1 aromatic carbocycles. The lowest BCUT2D eigenvalue weighted by molar-refractivity contribution is 0.319. The topological polar surface area (TPSA) is 16.1 Å². The van der Waals surface area contributed by atoms with Crippen molar-refractivity contribution in [2.24, 2.45) is 0 Å². The van der Waals surface area contributed by atoms with E-state index in [0.717, 1.165) is 28.1 Å². The Labute approximate surface area is 121 Å². The van der Waals surface area contributed by atoms with E-state index in [9.17, 15) is 0 Å². The van der Waals surface area contributed by atoms with Gasteiger partial charge in [0.1, 0.15) is 0 Å².